The van der Waals surface area contributed by atoms with Gasteiger partial charge in [-0.1, -0.05) is 34.1 Å². The highest BCUT2D eigenvalue weighted by atomic mass is 79.9. The first kappa shape index (κ1) is 21.1. The molecular formula is C25H23BrFN3O2. The maximum atomic E-state index is 14.5. The van der Waals surface area contributed by atoms with Crippen molar-refractivity contribution in [3.05, 3.63) is 93.5 Å². The largest absolute Gasteiger partial charge is 0.467 e. The van der Waals surface area contributed by atoms with Crippen molar-refractivity contribution in [1.82, 2.24) is 14.9 Å². The van der Waals surface area contributed by atoms with E-state index in [9.17, 15) is 4.39 Å². The Balaban J connectivity index is 1.66. The van der Waals surface area contributed by atoms with Gasteiger partial charge >= 0.3 is 0 Å². The van der Waals surface area contributed by atoms with Crippen molar-refractivity contribution in [3.63, 3.8) is 0 Å². The fourth-order valence-corrected chi connectivity index (χ4v) is 4.88. The average molecular weight is 496 g/mol. The minimum atomic E-state index is -0.342. The number of fused-ring (bicyclic) bond motifs is 2. The van der Waals surface area contributed by atoms with E-state index in [1.54, 1.807) is 13.2 Å². The summed E-state index contributed by atoms with van der Waals surface area (Å²) in [6.07, 6.45) is 0. The van der Waals surface area contributed by atoms with E-state index in [0.717, 1.165) is 21.3 Å². The minimum absolute atomic E-state index is 0.0776. The van der Waals surface area contributed by atoms with E-state index in [0.29, 0.717) is 17.9 Å². The number of nitrogens with zero attached hydrogens (tertiary/aromatic N) is 2. The molecule has 3 aromatic carbocycles. The SMILES string of the molecule is COCOc1ccc(F)cc1C(c1nc2ccccc2[nH]1)N1Cc2ccc(Br)cc2C1C. The first-order valence-corrected chi connectivity index (χ1v) is 11.2. The number of hydrogen-bond acceptors (Lipinski definition) is 4. The highest BCUT2D eigenvalue weighted by molar-refractivity contribution is 9.10. The molecular weight excluding hydrogens is 473 g/mol. The Morgan fingerprint density at radius 3 is 2.84 bits per heavy atom. The third-order valence-electron chi connectivity index (χ3n) is 6.01. The van der Waals surface area contributed by atoms with Gasteiger partial charge in [-0.2, -0.15) is 0 Å². The Kier molecular flexibility index (Phi) is 5.71. The maximum Gasteiger partial charge on any atom is 0.188 e. The number of benzene rings is 3. The standard InChI is InChI=1S/C25H23BrFN3O2/c1-15-19-11-17(26)8-7-16(19)13-30(15)24(25-28-21-5-3-4-6-22(21)29-25)20-12-18(27)9-10-23(20)32-14-31-2/h3-12,15,24H,13-14H2,1-2H3,(H,28,29). The zero-order valence-corrected chi connectivity index (χ0v) is 19.4. The zero-order valence-electron chi connectivity index (χ0n) is 17.8. The van der Waals surface area contributed by atoms with Gasteiger partial charge in [0.1, 0.15) is 17.4 Å². The number of ether oxygens (including phenoxy) is 2. The summed E-state index contributed by atoms with van der Waals surface area (Å²) in [5.74, 6) is 0.999. The summed E-state index contributed by atoms with van der Waals surface area (Å²) in [5, 5.41) is 0. The van der Waals surface area contributed by atoms with Gasteiger partial charge in [0.15, 0.2) is 6.79 Å². The molecule has 0 amide bonds. The van der Waals surface area contributed by atoms with Gasteiger partial charge < -0.3 is 14.5 Å². The third kappa shape index (κ3) is 3.81. The molecule has 164 valence electrons. The molecule has 0 aliphatic carbocycles. The molecule has 1 N–H and O–H groups in total. The second kappa shape index (κ2) is 8.65. The van der Waals surface area contributed by atoms with Gasteiger partial charge in [-0.3, -0.25) is 4.90 Å². The van der Waals surface area contributed by atoms with Crippen molar-refractivity contribution in [2.24, 2.45) is 0 Å². The number of para-hydroxylation sites is 2. The van der Waals surface area contributed by atoms with Crippen LogP contribution in [0.2, 0.25) is 0 Å². The molecule has 1 aliphatic heterocycles. The Morgan fingerprint density at radius 1 is 1.19 bits per heavy atom. The van der Waals surface area contributed by atoms with Crippen molar-refractivity contribution >= 4 is 27.0 Å². The van der Waals surface area contributed by atoms with Crippen molar-refractivity contribution in [3.8, 4) is 5.75 Å². The second-order valence-corrected chi connectivity index (χ2v) is 8.88. The summed E-state index contributed by atoms with van der Waals surface area (Å²) in [4.78, 5) is 10.7. The van der Waals surface area contributed by atoms with Crippen LogP contribution in [0, 0.1) is 5.82 Å². The summed E-state index contributed by atoms with van der Waals surface area (Å²) in [7, 11) is 1.57. The highest BCUT2D eigenvalue weighted by Crippen LogP contribution is 2.45. The van der Waals surface area contributed by atoms with Crippen molar-refractivity contribution in [2.75, 3.05) is 13.9 Å². The van der Waals surface area contributed by atoms with Crippen molar-refractivity contribution in [2.45, 2.75) is 25.6 Å². The van der Waals surface area contributed by atoms with E-state index in [1.807, 2.05) is 24.3 Å². The average Bonchev–Trinajstić information content (AvgIpc) is 3.35. The first-order valence-electron chi connectivity index (χ1n) is 10.4. The van der Waals surface area contributed by atoms with E-state index in [1.165, 1.54) is 23.3 Å². The first-order chi connectivity index (χ1) is 15.5. The quantitative estimate of drug-likeness (QED) is 0.327. The fourth-order valence-electron chi connectivity index (χ4n) is 4.50. The van der Waals surface area contributed by atoms with Gasteiger partial charge in [0.2, 0.25) is 0 Å². The van der Waals surface area contributed by atoms with Gasteiger partial charge in [0, 0.05) is 29.7 Å². The number of aromatic nitrogens is 2. The maximum absolute atomic E-state index is 14.5. The van der Waals surface area contributed by atoms with Crippen LogP contribution in [-0.2, 0) is 11.3 Å². The lowest BCUT2D eigenvalue weighted by Gasteiger charge is -2.31. The highest BCUT2D eigenvalue weighted by Gasteiger charge is 2.37. The van der Waals surface area contributed by atoms with Gasteiger partial charge in [-0.15, -0.1) is 0 Å². The van der Waals surface area contributed by atoms with E-state index < -0.39 is 0 Å². The number of H-pyrrole nitrogens is 1. The van der Waals surface area contributed by atoms with E-state index in [-0.39, 0.29) is 24.7 Å². The topological polar surface area (TPSA) is 50.4 Å². The van der Waals surface area contributed by atoms with Crippen LogP contribution in [0.4, 0.5) is 4.39 Å². The molecule has 0 radical (unpaired) electrons. The number of rotatable bonds is 6. The van der Waals surface area contributed by atoms with Crippen LogP contribution in [0.5, 0.6) is 5.75 Å². The molecule has 0 fully saturated rings. The lowest BCUT2D eigenvalue weighted by molar-refractivity contribution is 0.0487. The normalized spacial score (nSPS) is 16.9. The van der Waals surface area contributed by atoms with E-state index in [2.05, 4.69) is 50.9 Å². The molecule has 0 bridgehead atoms. The van der Waals surface area contributed by atoms with Crippen LogP contribution in [0.15, 0.2) is 65.1 Å². The molecule has 1 aromatic heterocycles. The minimum Gasteiger partial charge on any atom is -0.467 e. The van der Waals surface area contributed by atoms with Crippen LogP contribution < -0.4 is 4.74 Å². The predicted octanol–water partition coefficient (Wildman–Crippen LogP) is 6.11. The van der Waals surface area contributed by atoms with Crippen LogP contribution in [0.3, 0.4) is 0 Å². The van der Waals surface area contributed by atoms with Crippen LogP contribution >= 0.6 is 15.9 Å². The summed E-state index contributed by atoms with van der Waals surface area (Å²) in [6, 6.07) is 18.6. The van der Waals surface area contributed by atoms with Gasteiger partial charge in [0.05, 0.1) is 17.1 Å². The molecule has 2 unspecified atom stereocenters. The van der Waals surface area contributed by atoms with Crippen LogP contribution in [-0.4, -0.2) is 28.8 Å². The van der Waals surface area contributed by atoms with Gasteiger partial charge in [-0.05, 0) is 60.5 Å². The van der Waals surface area contributed by atoms with Gasteiger partial charge in [-0.25, -0.2) is 9.37 Å². The molecule has 1 aliphatic rings. The van der Waals surface area contributed by atoms with E-state index >= 15 is 0 Å². The molecule has 7 heteroatoms. The Labute approximate surface area is 194 Å². The van der Waals surface area contributed by atoms with Crippen LogP contribution in [0.25, 0.3) is 11.0 Å². The second-order valence-electron chi connectivity index (χ2n) is 7.97. The van der Waals surface area contributed by atoms with Crippen LogP contribution in [0.1, 0.15) is 41.5 Å². The molecule has 0 spiro atoms. The molecule has 32 heavy (non-hydrogen) atoms. The van der Waals surface area contributed by atoms with Crippen molar-refractivity contribution < 1.29 is 13.9 Å². The summed E-state index contributed by atoms with van der Waals surface area (Å²) >= 11 is 3.59. The smallest absolute Gasteiger partial charge is 0.188 e. The monoisotopic (exact) mass is 495 g/mol. The summed E-state index contributed by atoms with van der Waals surface area (Å²) in [5.41, 5.74) is 5.01. The molecule has 0 saturated carbocycles. The van der Waals surface area contributed by atoms with Gasteiger partial charge in [0.25, 0.3) is 0 Å². The Morgan fingerprint density at radius 2 is 2.03 bits per heavy atom. The lowest BCUT2D eigenvalue weighted by Crippen LogP contribution is -2.28. The zero-order chi connectivity index (χ0) is 22.2. The summed E-state index contributed by atoms with van der Waals surface area (Å²) < 4.78 is 26.5. The number of aromatic amines is 1. The molecule has 4 aromatic rings. The molecule has 5 rings (SSSR count). The number of hydrogen-bond donors (Lipinski definition) is 1. The molecule has 5 nitrogen and oxygen atoms in total. The Hall–Kier alpha value is -2.74. The number of methoxy groups -OCH3 is 1. The number of nitrogens with one attached hydrogen (secondary N) is 1. The number of imidazole rings is 1. The number of halogens is 2. The molecule has 0 saturated heterocycles. The predicted molar refractivity (Wildman–Crippen MR) is 125 cm³/mol. The molecule has 2 atom stereocenters. The fraction of sp³-hybridized carbons (Fsp3) is 0.240. The lowest BCUT2D eigenvalue weighted by atomic mass is 10.0. The van der Waals surface area contributed by atoms with E-state index in [4.69, 9.17) is 14.5 Å². The van der Waals surface area contributed by atoms with Crippen molar-refractivity contribution in [1.29, 1.82) is 0 Å². The summed E-state index contributed by atoms with van der Waals surface area (Å²) in [6.45, 7) is 2.96. The Bertz CT molecular complexity index is 1240. The molecule has 2 heterocycles. The third-order valence-corrected chi connectivity index (χ3v) is 6.50.